The van der Waals surface area contributed by atoms with Gasteiger partial charge in [0.1, 0.15) is 5.75 Å². The molecular formula is C14H20ClNO2. The molecule has 1 aliphatic rings. The summed E-state index contributed by atoms with van der Waals surface area (Å²) in [5.74, 6) is 0.761. The van der Waals surface area contributed by atoms with Crippen LogP contribution in [0, 0.1) is 5.92 Å². The Kier molecular flexibility index (Phi) is 4.49. The minimum atomic E-state index is 0.141. The molecule has 2 rings (SSSR count). The third-order valence-corrected chi connectivity index (χ3v) is 4.00. The summed E-state index contributed by atoms with van der Waals surface area (Å²) in [5.41, 5.74) is 1.13. The molecule has 1 heterocycles. The van der Waals surface area contributed by atoms with E-state index in [1.807, 2.05) is 12.1 Å². The zero-order valence-corrected chi connectivity index (χ0v) is 11.7. The molecule has 0 amide bonds. The number of hydrogen-bond donors (Lipinski definition) is 1. The van der Waals surface area contributed by atoms with Gasteiger partial charge in [0.15, 0.2) is 0 Å². The Labute approximate surface area is 113 Å². The second-order valence-corrected chi connectivity index (χ2v) is 5.47. The van der Waals surface area contributed by atoms with Crippen molar-refractivity contribution in [1.82, 2.24) is 4.90 Å². The maximum absolute atomic E-state index is 9.40. The number of hydrogen-bond acceptors (Lipinski definition) is 3. The zero-order chi connectivity index (χ0) is 13.1. The molecule has 3 nitrogen and oxygen atoms in total. The van der Waals surface area contributed by atoms with Gasteiger partial charge in [-0.3, -0.25) is 4.90 Å². The Hall–Kier alpha value is -0.770. The van der Waals surface area contributed by atoms with Gasteiger partial charge in [-0.05, 0) is 36.6 Å². The molecule has 1 fully saturated rings. The monoisotopic (exact) mass is 269 g/mol. The molecule has 1 N–H and O–H groups in total. The first-order valence-electron chi connectivity index (χ1n) is 6.32. The number of rotatable bonds is 3. The Bertz CT molecular complexity index is 411. The van der Waals surface area contributed by atoms with E-state index in [-0.39, 0.29) is 5.75 Å². The lowest BCUT2D eigenvalue weighted by molar-refractivity contribution is -0.00745. The van der Waals surface area contributed by atoms with Crippen LogP contribution >= 0.6 is 11.6 Å². The number of nitrogens with zero attached hydrogens (tertiary/aromatic N) is 1. The molecule has 0 spiro atoms. The van der Waals surface area contributed by atoms with Crippen LogP contribution in [-0.4, -0.2) is 36.3 Å². The van der Waals surface area contributed by atoms with E-state index >= 15 is 0 Å². The molecule has 1 saturated heterocycles. The van der Waals surface area contributed by atoms with Crippen molar-refractivity contribution in [3.8, 4) is 5.75 Å². The lowest BCUT2D eigenvalue weighted by Gasteiger charge is -2.36. The second-order valence-electron chi connectivity index (χ2n) is 5.06. The van der Waals surface area contributed by atoms with Crippen LogP contribution in [0.5, 0.6) is 5.75 Å². The minimum absolute atomic E-state index is 0.141. The number of benzene rings is 1. The standard InChI is InChI=1S/C14H20ClNO2/c1-10-5-6-16(9-14(10)18-2)8-11-3-4-13(17)12(15)7-11/h3-4,7,10,14,17H,5-6,8-9H2,1-2H3. The summed E-state index contributed by atoms with van der Waals surface area (Å²) in [7, 11) is 1.78. The first kappa shape index (κ1) is 13.7. The van der Waals surface area contributed by atoms with Crippen molar-refractivity contribution in [2.45, 2.75) is 26.0 Å². The summed E-state index contributed by atoms with van der Waals surface area (Å²) in [6.45, 7) is 5.13. The molecule has 0 aliphatic carbocycles. The van der Waals surface area contributed by atoms with E-state index in [4.69, 9.17) is 16.3 Å². The van der Waals surface area contributed by atoms with Gasteiger partial charge in [-0.25, -0.2) is 0 Å². The van der Waals surface area contributed by atoms with Crippen molar-refractivity contribution in [1.29, 1.82) is 0 Å². The highest BCUT2D eigenvalue weighted by atomic mass is 35.5. The van der Waals surface area contributed by atoms with E-state index < -0.39 is 0 Å². The summed E-state index contributed by atoms with van der Waals surface area (Å²) in [5, 5.41) is 9.82. The van der Waals surface area contributed by atoms with Gasteiger partial charge in [-0.15, -0.1) is 0 Å². The molecule has 0 saturated carbocycles. The normalized spacial score (nSPS) is 25.3. The average Bonchev–Trinajstić information content (AvgIpc) is 2.36. The van der Waals surface area contributed by atoms with Crippen LogP contribution in [0.25, 0.3) is 0 Å². The number of phenols is 1. The molecule has 4 heteroatoms. The van der Waals surface area contributed by atoms with Crippen molar-refractivity contribution in [3.63, 3.8) is 0 Å². The third-order valence-electron chi connectivity index (χ3n) is 3.69. The highest BCUT2D eigenvalue weighted by Crippen LogP contribution is 2.26. The Morgan fingerprint density at radius 2 is 2.28 bits per heavy atom. The summed E-state index contributed by atoms with van der Waals surface area (Å²) >= 11 is 5.92. The molecule has 2 unspecified atom stereocenters. The van der Waals surface area contributed by atoms with E-state index in [0.717, 1.165) is 31.6 Å². The third kappa shape index (κ3) is 3.16. The smallest absolute Gasteiger partial charge is 0.134 e. The second kappa shape index (κ2) is 5.91. The van der Waals surface area contributed by atoms with Gasteiger partial charge in [0.2, 0.25) is 0 Å². The highest BCUT2D eigenvalue weighted by molar-refractivity contribution is 6.32. The van der Waals surface area contributed by atoms with E-state index in [1.54, 1.807) is 13.2 Å². The molecule has 1 aromatic carbocycles. The number of halogens is 1. The van der Waals surface area contributed by atoms with Crippen LogP contribution in [0.2, 0.25) is 5.02 Å². The van der Waals surface area contributed by atoms with E-state index in [2.05, 4.69) is 11.8 Å². The SMILES string of the molecule is COC1CN(Cc2ccc(O)c(Cl)c2)CCC1C. The van der Waals surface area contributed by atoms with Gasteiger partial charge in [0, 0.05) is 20.2 Å². The van der Waals surface area contributed by atoms with Crippen LogP contribution in [0.4, 0.5) is 0 Å². The Balaban J connectivity index is 1.99. The molecule has 18 heavy (non-hydrogen) atoms. The van der Waals surface area contributed by atoms with Crippen LogP contribution in [0.3, 0.4) is 0 Å². The fourth-order valence-corrected chi connectivity index (χ4v) is 2.66. The molecule has 0 radical (unpaired) electrons. The Morgan fingerprint density at radius 3 is 2.94 bits per heavy atom. The molecule has 0 aromatic heterocycles. The van der Waals surface area contributed by atoms with Crippen molar-refractivity contribution >= 4 is 11.6 Å². The average molecular weight is 270 g/mol. The molecular weight excluding hydrogens is 250 g/mol. The lowest BCUT2D eigenvalue weighted by Crippen LogP contribution is -2.43. The van der Waals surface area contributed by atoms with Crippen molar-refractivity contribution < 1.29 is 9.84 Å². The summed E-state index contributed by atoms with van der Waals surface area (Å²) in [6, 6.07) is 5.40. The van der Waals surface area contributed by atoms with E-state index in [9.17, 15) is 5.11 Å². The molecule has 1 aliphatic heterocycles. The van der Waals surface area contributed by atoms with Crippen LogP contribution < -0.4 is 0 Å². The molecule has 1 aromatic rings. The number of methoxy groups -OCH3 is 1. The largest absolute Gasteiger partial charge is 0.506 e. The number of phenolic OH excluding ortho intramolecular Hbond substituents is 1. The number of ether oxygens (including phenoxy) is 1. The highest BCUT2D eigenvalue weighted by Gasteiger charge is 2.25. The van der Waals surface area contributed by atoms with Crippen LogP contribution in [-0.2, 0) is 11.3 Å². The van der Waals surface area contributed by atoms with Gasteiger partial charge < -0.3 is 9.84 Å². The van der Waals surface area contributed by atoms with Gasteiger partial charge >= 0.3 is 0 Å². The molecule has 0 bridgehead atoms. The molecule has 2 atom stereocenters. The van der Waals surface area contributed by atoms with E-state index in [1.165, 1.54) is 0 Å². The first-order valence-corrected chi connectivity index (χ1v) is 6.70. The zero-order valence-electron chi connectivity index (χ0n) is 10.9. The maximum Gasteiger partial charge on any atom is 0.134 e. The predicted octanol–water partition coefficient (Wildman–Crippen LogP) is 2.90. The molecule has 100 valence electrons. The quantitative estimate of drug-likeness (QED) is 0.916. The fraction of sp³-hybridized carbons (Fsp3) is 0.571. The number of piperidine rings is 1. The summed E-state index contributed by atoms with van der Waals surface area (Å²) in [6.07, 6.45) is 1.47. The minimum Gasteiger partial charge on any atom is -0.506 e. The van der Waals surface area contributed by atoms with Crippen LogP contribution in [0.15, 0.2) is 18.2 Å². The number of likely N-dealkylation sites (tertiary alicyclic amines) is 1. The maximum atomic E-state index is 9.40. The van der Waals surface area contributed by atoms with Gasteiger partial charge in [-0.2, -0.15) is 0 Å². The first-order chi connectivity index (χ1) is 8.60. The van der Waals surface area contributed by atoms with Gasteiger partial charge in [0.05, 0.1) is 11.1 Å². The van der Waals surface area contributed by atoms with Crippen molar-refractivity contribution in [2.75, 3.05) is 20.2 Å². The van der Waals surface area contributed by atoms with Crippen molar-refractivity contribution in [3.05, 3.63) is 28.8 Å². The summed E-state index contributed by atoms with van der Waals surface area (Å²) in [4.78, 5) is 2.37. The van der Waals surface area contributed by atoms with Gasteiger partial charge in [0.25, 0.3) is 0 Å². The Morgan fingerprint density at radius 1 is 1.50 bits per heavy atom. The fourth-order valence-electron chi connectivity index (χ4n) is 2.46. The topological polar surface area (TPSA) is 32.7 Å². The summed E-state index contributed by atoms with van der Waals surface area (Å²) < 4.78 is 5.51. The van der Waals surface area contributed by atoms with E-state index in [0.29, 0.717) is 17.0 Å². The van der Waals surface area contributed by atoms with Crippen LogP contribution in [0.1, 0.15) is 18.9 Å². The number of aromatic hydroxyl groups is 1. The van der Waals surface area contributed by atoms with Crippen molar-refractivity contribution in [2.24, 2.45) is 5.92 Å². The van der Waals surface area contributed by atoms with Gasteiger partial charge in [-0.1, -0.05) is 24.6 Å². The predicted molar refractivity (Wildman–Crippen MR) is 73.0 cm³/mol. The lowest BCUT2D eigenvalue weighted by atomic mass is 9.95.